The first kappa shape index (κ1) is 20.8. The lowest BCUT2D eigenvalue weighted by Gasteiger charge is -2.16. The van der Waals surface area contributed by atoms with Gasteiger partial charge in [-0.2, -0.15) is 0 Å². The van der Waals surface area contributed by atoms with Gasteiger partial charge in [0.1, 0.15) is 11.5 Å². The molecule has 0 unspecified atom stereocenters. The Bertz CT molecular complexity index is 1290. The standard InChI is InChI=1S/C26H21FN2O4/c1-15-9-16(2)11-20(10-15)28-24-23(18-4-6-19(27)7-5-18)25(30)29(26(24)31)13-17-3-8-21-22(12-17)33-14-32-21/h3-12,28H,13-14H2,1-2H3. The topological polar surface area (TPSA) is 67.9 Å². The molecule has 5 rings (SSSR count). The average Bonchev–Trinajstić information content (AvgIpc) is 3.32. The largest absolute Gasteiger partial charge is 0.454 e. The van der Waals surface area contributed by atoms with E-state index in [1.165, 1.54) is 29.2 Å². The van der Waals surface area contributed by atoms with Crippen molar-refractivity contribution in [1.29, 1.82) is 0 Å². The first-order valence-electron chi connectivity index (χ1n) is 10.5. The molecule has 33 heavy (non-hydrogen) atoms. The smallest absolute Gasteiger partial charge is 0.278 e. The number of carbonyl (C=O) groups is 2. The van der Waals surface area contributed by atoms with Crippen molar-refractivity contribution >= 4 is 23.1 Å². The number of ether oxygens (including phenoxy) is 2. The molecule has 0 radical (unpaired) electrons. The summed E-state index contributed by atoms with van der Waals surface area (Å²) in [6.45, 7) is 4.12. The molecule has 3 aromatic carbocycles. The molecular weight excluding hydrogens is 423 g/mol. The normalized spacial score (nSPS) is 14.9. The molecule has 2 amide bonds. The van der Waals surface area contributed by atoms with Gasteiger partial charge in [-0.3, -0.25) is 14.5 Å². The van der Waals surface area contributed by atoms with Crippen LogP contribution < -0.4 is 14.8 Å². The van der Waals surface area contributed by atoms with Crippen LogP contribution in [0.2, 0.25) is 0 Å². The van der Waals surface area contributed by atoms with Gasteiger partial charge in [-0.1, -0.05) is 24.3 Å². The van der Waals surface area contributed by atoms with Gasteiger partial charge in [-0.05, 0) is 72.5 Å². The van der Waals surface area contributed by atoms with Crippen LogP contribution in [0.5, 0.6) is 11.5 Å². The van der Waals surface area contributed by atoms with Crippen molar-refractivity contribution in [3.05, 3.63) is 94.4 Å². The number of amides is 2. The van der Waals surface area contributed by atoms with Crippen LogP contribution in [-0.4, -0.2) is 23.5 Å². The molecule has 0 saturated heterocycles. The number of nitrogens with zero attached hydrogens (tertiary/aromatic N) is 1. The van der Waals surface area contributed by atoms with Crippen LogP contribution in [0.15, 0.2) is 66.4 Å². The van der Waals surface area contributed by atoms with Gasteiger partial charge in [-0.15, -0.1) is 0 Å². The zero-order valence-electron chi connectivity index (χ0n) is 18.1. The van der Waals surface area contributed by atoms with Crippen LogP contribution in [0, 0.1) is 19.7 Å². The minimum Gasteiger partial charge on any atom is -0.454 e. The van der Waals surface area contributed by atoms with Gasteiger partial charge in [0, 0.05) is 5.69 Å². The lowest BCUT2D eigenvalue weighted by molar-refractivity contribution is -0.137. The fourth-order valence-corrected chi connectivity index (χ4v) is 4.13. The van der Waals surface area contributed by atoms with E-state index in [4.69, 9.17) is 9.47 Å². The molecule has 1 N–H and O–H groups in total. The number of nitrogens with one attached hydrogen (secondary N) is 1. The van der Waals surface area contributed by atoms with E-state index in [1.807, 2.05) is 32.0 Å². The summed E-state index contributed by atoms with van der Waals surface area (Å²) in [6.07, 6.45) is 0. The quantitative estimate of drug-likeness (QED) is 0.585. The maximum absolute atomic E-state index is 13.5. The van der Waals surface area contributed by atoms with E-state index in [-0.39, 0.29) is 24.6 Å². The Kier molecular flexibility index (Phi) is 5.09. The van der Waals surface area contributed by atoms with Crippen molar-refractivity contribution in [3.8, 4) is 11.5 Å². The Balaban J connectivity index is 1.52. The van der Waals surface area contributed by atoms with Crippen molar-refractivity contribution in [3.63, 3.8) is 0 Å². The lowest BCUT2D eigenvalue weighted by atomic mass is 10.0. The Morgan fingerprint density at radius 3 is 2.30 bits per heavy atom. The van der Waals surface area contributed by atoms with Gasteiger partial charge < -0.3 is 14.8 Å². The first-order chi connectivity index (χ1) is 15.9. The predicted molar refractivity (Wildman–Crippen MR) is 121 cm³/mol. The molecule has 0 spiro atoms. The molecule has 0 saturated carbocycles. The first-order valence-corrected chi connectivity index (χ1v) is 10.5. The van der Waals surface area contributed by atoms with Gasteiger partial charge in [0.05, 0.1) is 12.1 Å². The van der Waals surface area contributed by atoms with Gasteiger partial charge in [0.2, 0.25) is 6.79 Å². The van der Waals surface area contributed by atoms with Crippen molar-refractivity contribution in [2.24, 2.45) is 0 Å². The monoisotopic (exact) mass is 444 g/mol. The summed E-state index contributed by atoms with van der Waals surface area (Å²) in [7, 11) is 0. The third kappa shape index (κ3) is 3.93. The SMILES string of the molecule is Cc1cc(C)cc(NC2=C(c3ccc(F)cc3)C(=O)N(Cc3ccc4c(c3)OCO4)C2=O)c1. The number of halogens is 1. The van der Waals surface area contributed by atoms with E-state index in [9.17, 15) is 14.0 Å². The van der Waals surface area contributed by atoms with Crippen LogP contribution in [-0.2, 0) is 16.1 Å². The highest BCUT2D eigenvalue weighted by Crippen LogP contribution is 2.35. The number of fused-ring (bicyclic) bond motifs is 1. The van der Waals surface area contributed by atoms with Crippen molar-refractivity contribution < 1.29 is 23.5 Å². The Morgan fingerprint density at radius 2 is 1.58 bits per heavy atom. The molecule has 7 heteroatoms. The minimum atomic E-state index is -0.448. The van der Waals surface area contributed by atoms with Crippen LogP contribution in [0.3, 0.4) is 0 Å². The molecule has 2 heterocycles. The van der Waals surface area contributed by atoms with E-state index in [0.717, 1.165) is 16.7 Å². The Morgan fingerprint density at radius 1 is 0.879 bits per heavy atom. The second-order valence-electron chi connectivity index (χ2n) is 8.14. The van der Waals surface area contributed by atoms with Crippen LogP contribution in [0.25, 0.3) is 5.57 Å². The van der Waals surface area contributed by atoms with E-state index < -0.39 is 17.6 Å². The van der Waals surface area contributed by atoms with Crippen molar-refractivity contribution in [2.75, 3.05) is 12.1 Å². The summed E-state index contributed by atoms with van der Waals surface area (Å²) < 4.78 is 24.3. The number of carbonyl (C=O) groups excluding carboxylic acids is 2. The molecule has 2 aliphatic heterocycles. The van der Waals surface area contributed by atoms with E-state index in [1.54, 1.807) is 18.2 Å². The average molecular weight is 444 g/mol. The van der Waals surface area contributed by atoms with Crippen LogP contribution >= 0.6 is 0 Å². The predicted octanol–water partition coefficient (Wildman–Crippen LogP) is 4.56. The van der Waals surface area contributed by atoms with E-state index in [2.05, 4.69) is 5.32 Å². The highest BCUT2D eigenvalue weighted by atomic mass is 19.1. The molecular formula is C26H21FN2O4. The van der Waals surface area contributed by atoms with Gasteiger partial charge in [0.15, 0.2) is 11.5 Å². The zero-order chi connectivity index (χ0) is 23.1. The molecule has 0 aliphatic carbocycles. The summed E-state index contributed by atoms with van der Waals surface area (Å²) in [6, 6.07) is 16.7. The molecule has 6 nitrogen and oxygen atoms in total. The van der Waals surface area contributed by atoms with E-state index in [0.29, 0.717) is 22.7 Å². The number of anilines is 1. The summed E-state index contributed by atoms with van der Waals surface area (Å²) in [5.41, 5.74) is 4.32. The molecule has 3 aromatic rings. The molecule has 2 aliphatic rings. The van der Waals surface area contributed by atoms with Crippen LogP contribution in [0.1, 0.15) is 22.3 Å². The van der Waals surface area contributed by atoms with Gasteiger partial charge >= 0.3 is 0 Å². The summed E-state index contributed by atoms with van der Waals surface area (Å²) in [5.74, 6) is -0.114. The number of imide groups is 1. The number of rotatable bonds is 5. The Labute approximate surface area is 190 Å². The minimum absolute atomic E-state index is 0.0665. The number of hydrogen-bond donors (Lipinski definition) is 1. The van der Waals surface area contributed by atoms with Gasteiger partial charge in [-0.25, -0.2) is 4.39 Å². The third-order valence-electron chi connectivity index (χ3n) is 5.57. The third-order valence-corrected chi connectivity index (χ3v) is 5.57. The van der Waals surface area contributed by atoms with Crippen molar-refractivity contribution in [2.45, 2.75) is 20.4 Å². The fourth-order valence-electron chi connectivity index (χ4n) is 4.13. The van der Waals surface area contributed by atoms with E-state index >= 15 is 0 Å². The second kappa shape index (κ2) is 8.09. The molecule has 0 aromatic heterocycles. The van der Waals surface area contributed by atoms with Crippen LogP contribution in [0.4, 0.5) is 10.1 Å². The summed E-state index contributed by atoms with van der Waals surface area (Å²) in [4.78, 5) is 28.0. The zero-order valence-corrected chi connectivity index (χ0v) is 18.1. The maximum Gasteiger partial charge on any atom is 0.278 e. The number of hydrogen-bond acceptors (Lipinski definition) is 5. The highest BCUT2D eigenvalue weighted by molar-refractivity contribution is 6.36. The molecule has 0 fully saturated rings. The Hall–Kier alpha value is -4.13. The molecule has 0 atom stereocenters. The number of aryl methyl sites for hydroxylation is 2. The van der Waals surface area contributed by atoms with Crippen molar-refractivity contribution in [1.82, 2.24) is 4.90 Å². The van der Waals surface area contributed by atoms with Gasteiger partial charge in [0.25, 0.3) is 11.8 Å². The summed E-state index contributed by atoms with van der Waals surface area (Å²) in [5, 5.41) is 3.15. The maximum atomic E-state index is 13.5. The summed E-state index contributed by atoms with van der Waals surface area (Å²) >= 11 is 0. The lowest BCUT2D eigenvalue weighted by Crippen LogP contribution is -2.32. The fraction of sp³-hybridized carbons (Fsp3) is 0.154. The molecule has 0 bridgehead atoms. The second-order valence-corrected chi connectivity index (χ2v) is 8.14. The highest BCUT2D eigenvalue weighted by Gasteiger charge is 2.39. The number of benzene rings is 3. The molecule has 166 valence electrons.